The Hall–Kier alpha value is -2.56. The summed E-state index contributed by atoms with van der Waals surface area (Å²) in [7, 11) is -3.95. The second-order valence-electron chi connectivity index (χ2n) is 5.65. The van der Waals surface area contributed by atoms with Crippen LogP contribution >= 0.6 is 11.6 Å². The van der Waals surface area contributed by atoms with Gasteiger partial charge < -0.3 is 5.32 Å². The van der Waals surface area contributed by atoms with Crippen LogP contribution in [0.15, 0.2) is 47.4 Å². The first kappa shape index (κ1) is 17.3. The van der Waals surface area contributed by atoms with E-state index in [1.54, 1.807) is 18.2 Å². The number of nitriles is 1. The molecule has 1 aliphatic rings. The van der Waals surface area contributed by atoms with Gasteiger partial charge in [0.2, 0.25) is 0 Å². The first-order chi connectivity index (χ1) is 11.9. The third-order valence-corrected chi connectivity index (χ3v) is 5.38. The molecule has 1 saturated carbocycles. The number of amides is 1. The number of benzene rings is 2. The predicted molar refractivity (Wildman–Crippen MR) is 93.9 cm³/mol. The van der Waals surface area contributed by atoms with Gasteiger partial charge in [-0.2, -0.15) is 5.26 Å². The number of rotatable bonds is 5. The maximum Gasteiger partial charge on any atom is 0.261 e. The standard InChI is InChI=1S/C17H14ClN3O3S/c18-15-9-13(8-5-11(15)10-19)25(23,24)21-16-4-2-1-3-14(16)17(22)20-12-6-7-12/h1-5,8-9,12,21H,6-7H2,(H,20,22). The summed E-state index contributed by atoms with van der Waals surface area (Å²) in [5.74, 6) is -0.321. The van der Waals surface area contributed by atoms with Crippen molar-refractivity contribution in [2.24, 2.45) is 0 Å². The molecule has 0 spiro atoms. The van der Waals surface area contributed by atoms with E-state index >= 15 is 0 Å². The zero-order valence-electron chi connectivity index (χ0n) is 13.0. The van der Waals surface area contributed by atoms with Crippen LogP contribution in [0.3, 0.4) is 0 Å². The van der Waals surface area contributed by atoms with Crippen molar-refractivity contribution in [2.75, 3.05) is 4.72 Å². The highest BCUT2D eigenvalue weighted by Gasteiger charge is 2.26. The summed E-state index contributed by atoms with van der Waals surface area (Å²) in [5, 5.41) is 11.8. The van der Waals surface area contributed by atoms with Crippen molar-refractivity contribution in [3.63, 3.8) is 0 Å². The zero-order chi connectivity index (χ0) is 18.0. The number of hydrogen-bond acceptors (Lipinski definition) is 4. The Morgan fingerprint density at radius 2 is 1.92 bits per heavy atom. The van der Waals surface area contributed by atoms with E-state index < -0.39 is 10.0 Å². The van der Waals surface area contributed by atoms with Gasteiger partial charge in [0.1, 0.15) is 6.07 Å². The normalized spacial score (nSPS) is 13.8. The minimum absolute atomic E-state index is 0.0464. The molecule has 0 unspecified atom stereocenters. The van der Waals surface area contributed by atoms with Crippen LogP contribution in [0, 0.1) is 11.3 Å². The SMILES string of the molecule is N#Cc1ccc(S(=O)(=O)Nc2ccccc2C(=O)NC2CC2)cc1Cl. The van der Waals surface area contributed by atoms with Gasteiger partial charge in [-0.05, 0) is 43.2 Å². The monoisotopic (exact) mass is 375 g/mol. The molecule has 0 atom stereocenters. The number of sulfonamides is 1. The molecule has 0 aromatic heterocycles. The molecule has 2 aromatic carbocycles. The Morgan fingerprint density at radius 3 is 2.56 bits per heavy atom. The Kier molecular flexibility index (Phi) is 4.66. The Bertz CT molecular complexity index is 979. The summed E-state index contributed by atoms with van der Waals surface area (Å²) in [6.07, 6.45) is 1.87. The first-order valence-corrected chi connectivity index (χ1v) is 9.39. The van der Waals surface area contributed by atoms with E-state index in [4.69, 9.17) is 16.9 Å². The van der Waals surface area contributed by atoms with Gasteiger partial charge in [-0.3, -0.25) is 9.52 Å². The Balaban J connectivity index is 1.89. The van der Waals surface area contributed by atoms with Crippen molar-refractivity contribution in [3.05, 3.63) is 58.6 Å². The van der Waals surface area contributed by atoms with Crippen LogP contribution in [0.5, 0.6) is 0 Å². The highest BCUT2D eigenvalue weighted by atomic mass is 35.5. The van der Waals surface area contributed by atoms with Crippen molar-refractivity contribution in [2.45, 2.75) is 23.8 Å². The Morgan fingerprint density at radius 1 is 1.20 bits per heavy atom. The van der Waals surface area contributed by atoms with Crippen LogP contribution < -0.4 is 10.0 Å². The third kappa shape index (κ3) is 3.92. The van der Waals surface area contributed by atoms with Crippen molar-refractivity contribution < 1.29 is 13.2 Å². The molecule has 2 N–H and O–H groups in total. The predicted octanol–water partition coefficient (Wildman–Crippen LogP) is 2.90. The fourth-order valence-corrected chi connectivity index (χ4v) is 3.61. The second-order valence-corrected chi connectivity index (χ2v) is 7.74. The summed E-state index contributed by atoms with van der Waals surface area (Å²) >= 11 is 5.91. The largest absolute Gasteiger partial charge is 0.349 e. The summed E-state index contributed by atoms with van der Waals surface area (Å²) in [4.78, 5) is 12.2. The zero-order valence-corrected chi connectivity index (χ0v) is 14.6. The first-order valence-electron chi connectivity index (χ1n) is 7.53. The number of nitrogens with zero attached hydrogens (tertiary/aromatic N) is 1. The van der Waals surface area contributed by atoms with Crippen molar-refractivity contribution in [1.82, 2.24) is 5.32 Å². The van der Waals surface area contributed by atoms with Crippen LogP contribution in [0.1, 0.15) is 28.8 Å². The molecule has 128 valence electrons. The molecule has 0 heterocycles. The van der Waals surface area contributed by atoms with Gasteiger partial charge in [-0.1, -0.05) is 23.7 Å². The molecule has 6 nitrogen and oxygen atoms in total. The smallest absolute Gasteiger partial charge is 0.261 e. The minimum Gasteiger partial charge on any atom is -0.349 e. The average molecular weight is 376 g/mol. The molecule has 1 fully saturated rings. The molecule has 0 radical (unpaired) electrons. The number of hydrogen-bond donors (Lipinski definition) is 2. The molecule has 8 heteroatoms. The highest BCUT2D eigenvalue weighted by molar-refractivity contribution is 7.92. The van der Waals surface area contributed by atoms with Crippen LogP contribution in [0.2, 0.25) is 5.02 Å². The lowest BCUT2D eigenvalue weighted by molar-refractivity contribution is 0.0952. The lowest BCUT2D eigenvalue weighted by atomic mass is 10.1. The fraction of sp³-hybridized carbons (Fsp3) is 0.176. The maximum atomic E-state index is 12.6. The van der Waals surface area contributed by atoms with E-state index in [0.717, 1.165) is 12.8 Å². The van der Waals surface area contributed by atoms with Crippen molar-refractivity contribution >= 4 is 33.2 Å². The summed E-state index contributed by atoms with van der Waals surface area (Å²) < 4.78 is 27.6. The number of nitrogens with one attached hydrogen (secondary N) is 2. The molecule has 1 aliphatic carbocycles. The van der Waals surface area contributed by atoms with Gasteiger partial charge in [0.05, 0.1) is 26.7 Å². The summed E-state index contributed by atoms with van der Waals surface area (Å²) in [6, 6.07) is 12.2. The summed E-state index contributed by atoms with van der Waals surface area (Å²) in [5.41, 5.74) is 0.615. The van der Waals surface area contributed by atoms with Gasteiger partial charge in [0, 0.05) is 6.04 Å². The number of anilines is 1. The molecule has 0 aliphatic heterocycles. The number of carbonyl (C=O) groups is 1. The van der Waals surface area contributed by atoms with Crippen LogP contribution in [-0.2, 0) is 10.0 Å². The van der Waals surface area contributed by atoms with Crippen LogP contribution in [-0.4, -0.2) is 20.4 Å². The highest BCUT2D eigenvalue weighted by Crippen LogP contribution is 2.25. The minimum atomic E-state index is -3.95. The lowest BCUT2D eigenvalue weighted by Crippen LogP contribution is -2.27. The quantitative estimate of drug-likeness (QED) is 0.839. The van der Waals surface area contributed by atoms with Gasteiger partial charge in [0.15, 0.2) is 0 Å². The number of halogens is 1. The molecular formula is C17H14ClN3O3S. The van der Waals surface area contributed by atoms with E-state index in [0.29, 0.717) is 0 Å². The molecule has 1 amide bonds. The van der Waals surface area contributed by atoms with E-state index in [-0.39, 0.29) is 38.7 Å². The summed E-state index contributed by atoms with van der Waals surface area (Å²) in [6.45, 7) is 0. The molecule has 25 heavy (non-hydrogen) atoms. The fourth-order valence-electron chi connectivity index (χ4n) is 2.22. The van der Waals surface area contributed by atoms with Crippen LogP contribution in [0.4, 0.5) is 5.69 Å². The molecule has 0 saturated heterocycles. The van der Waals surface area contributed by atoms with E-state index in [1.807, 2.05) is 6.07 Å². The topological polar surface area (TPSA) is 99.1 Å². The van der Waals surface area contributed by atoms with Crippen molar-refractivity contribution in [3.8, 4) is 6.07 Å². The maximum absolute atomic E-state index is 12.6. The van der Waals surface area contributed by atoms with E-state index in [9.17, 15) is 13.2 Å². The van der Waals surface area contributed by atoms with Crippen molar-refractivity contribution in [1.29, 1.82) is 5.26 Å². The van der Waals surface area contributed by atoms with E-state index in [1.165, 1.54) is 24.3 Å². The lowest BCUT2D eigenvalue weighted by Gasteiger charge is -2.13. The van der Waals surface area contributed by atoms with Gasteiger partial charge in [-0.25, -0.2) is 8.42 Å². The molecule has 0 bridgehead atoms. The van der Waals surface area contributed by atoms with Crippen LogP contribution in [0.25, 0.3) is 0 Å². The average Bonchev–Trinajstić information content (AvgIpc) is 3.38. The molecule has 2 aromatic rings. The molecular weight excluding hydrogens is 362 g/mol. The van der Waals surface area contributed by atoms with E-state index in [2.05, 4.69) is 10.0 Å². The second kappa shape index (κ2) is 6.75. The van der Waals surface area contributed by atoms with Gasteiger partial charge >= 0.3 is 0 Å². The molecule has 3 rings (SSSR count). The Labute approximate surface area is 150 Å². The van der Waals surface area contributed by atoms with Gasteiger partial charge in [0.25, 0.3) is 15.9 Å². The number of carbonyl (C=O) groups excluding carboxylic acids is 1. The third-order valence-electron chi connectivity index (χ3n) is 3.70. The number of para-hydroxylation sites is 1. The van der Waals surface area contributed by atoms with Gasteiger partial charge in [-0.15, -0.1) is 0 Å².